The minimum absolute atomic E-state index is 0.191. The average Bonchev–Trinajstić information content (AvgIpc) is 2.26. The molecule has 0 heterocycles. The molecule has 0 radical (unpaired) electrons. The number of aliphatic hydroxyl groups is 1. The molecule has 1 aromatic rings. The second kappa shape index (κ2) is 6.59. The summed E-state index contributed by atoms with van der Waals surface area (Å²) in [5.74, 6) is 0.206. The highest BCUT2D eigenvalue weighted by atomic mass is 16.5. The van der Waals surface area contributed by atoms with Gasteiger partial charge in [0.25, 0.3) is 0 Å². The zero-order valence-corrected chi connectivity index (χ0v) is 9.57. The zero-order valence-electron chi connectivity index (χ0n) is 9.57. The smallest absolute Gasteiger partial charge is 0.0500 e. The molecule has 1 N–H and O–H groups in total. The first-order chi connectivity index (χ1) is 7.27. The maximum Gasteiger partial charge on any atom is 0.0500 e. The van der Waals surface area contributed by atoms with Crippen molar-refractivity contribution in [3.05, 3.63) is 35.4 Å². The second-order valence-electron chi connectivity index (χ2n) is 3.78. The van der Waals surface area contributed by atoms with Crippen molar-refractivity contribution in [2.24, 2.45) is 0 Å². The van der Waals surface area contributed by atoms with E-state index in [1.54, 1.807) is 0 Å². The van der Waals surface area contributed by atoms with Crippen LogP contribution in [0.2, 0.25) is 0 Å². The topological polar surface area (TPSA) is 29.5 Å². The number of aryl methyl sites for hydroxylation is 1. The van der Waals surface area contributed by atoms with Gasteiger partial charge in [-0.25, -0.2) is 0 Å². The van der Waals surface area contributed by atoms with E-state index in [2.05, 4.69) is 31.2 Å². The molecule has 0 aliphatic carbocycles. The summed E-state index contributed by atoms with van der Waals surface area (Å²) in [4.78, 5) is 0. The van der Waals surface area contributed by atoms with Gasteiger partial charge < -0.3 is 9.84 Å². The molecule has 0 aromatic heterocycles. The van der Waals surface area contributed by atoms with Crippen molar-refractivity contribution in [1.29, 1.82) is 0 Å². The van der Waals surface area contributed by atoms with Crippen LogP contribution < -0.4 is 0 Å². The molecule has 1 unspecified atom stereocenters. The fourth-order valence-corrected chi connectivity index (χ4v) is 1.57. The van der Waals surface area contributed by atoms with E-state index in [1.807, 2.05) is 6.92 Å². The van der Waals surface area contributed by atoms with E-state index in [-0.39, 0.29) is 12.5 Å². The number of benzene rings is 1. The van der Waals surface area contributed by atoms with Gasteiger partial charge in [0.05, 0.1) is 6.61 Å². The highest BCUT2D eigenvalue weighted by Crippen LogP contribution is 2.19. The molecule has 1 atom stereocenters. The number of rotatable bonds is 6. The van der Waals surface area contributed by atoms with Crippen LogP contribution in [0.15, 0.2) is 24.3 Å². The van der Waals surface area contributed by atoms with E-state index < -0.39 is 0 Å². The Hall–Kier alpha value is -0.860. The summed E-state index contributed by atoms with van der Waals surface area (Å²) < 4.78 is 5.30. The van der Waals surface area contributed by atoms with Crippen LogP contribution >= 0.6 is 0 Å². The van der Waals surface area contributed by atoms with Crippen molar-refractivity contribution in [3.8, 4) is 0 Å². The first-order valence-corrected chi connectivity index (χ1v) is 5.53. The van der Waals surface area contributed by atoms with Crippen LogP contribution in [0.3, 0.4) is 0 Å². The predicted molar refractivity (Wildman–Crippen MR) is 62.1 cm³/mol. The minimum Gasteiger partial charge on any atom is -0.396 e. The van der Waals surface area contributed by atoms with Crippen LogP contribution in [-0.2, 0) is 4.74 Å². The largest absolute Gasteiger partial charge is 0.396 e. The molecule has 0 bridgehead atoms. The highest BCUT2D eigenvalue weighted by Gasteiger charge is 2.09. The lowest BCUT2D eigenvalue weighted by Gasteiger charge is -2.14. The van der Waals surface area contributed by atoms with Gasteiger partial charge in [-0.05, 0) is 25.8 Å². The van der Waals surface area contributed by atoms with Gasteiger partial charge in [-0.1, -0.05) is 29.8 Å². The van der Waals surface area contributed by atoms with Crippen LogP contribution in [0.5, 0.6) is 0 Å². The zero-order chi connectivity index (χ0) is 11.1. The third-order valence-electron chi connectivity index (χ3n) is 2.58. The molecular weight excluding hydrogens is 188 g/mol. The van der Waals surface area contributed by atoms with Crippen molar-refractivity contribution < 1.29 is 9.84 Å². The third-order valence-corrected chi connectivity index (χ3v) is 2.58. The maximum absolute atomic E-state index is 9.29. The second-order valence-corrected chi connectivity index (χ2v) is 3.78. The lowest BCUT2D eigenvalue weighted by atomic mass is 9.96. The Morgan fingerprint density at radius 2 is 1.93 bits per heavy atom. The molecule has 15 heavy (non-hydrogen) atoms. The average molecular weight is 208 g/mol. The van der Waals surface area contributed by atoms with Crippen LogP contribution in [0.25, 0.3) is 0 Å². The lowest BCUT2D eigenvalue weighted by Crippen LogP contribution is -2.08. The lowest BCUT2D eigenvalue weighted by molar-refractivity contribution is 0.130. The molecule has 0 spiro atoms. The van der Waals surface area contributed by atoms with E-state index in [1.165, 1.54) is 11.1 Å². The molecule has 2 nitrogen and oxygen atoms in total. The van der Waals surface area contributed by atoms with Crippen molar-refractivity contribution in [3.63, 3.8) is 0 Å². The van der Waals surface area contributed by atoms with Crippen molar-refractivity contribution in [1.82, 2.24) is 0 Å². The summed E-state index contributed by atoms with van der Waals surface area (Å²) in [6.07, 6.45) is 0.882. The van der Waals surface area contributed by atoms with E-state index in [0.29, 0.717) is 0 Å². The molecule has 0 aliphatic rings. The van der Waals surface area contributed by atoms with Crippen LogP contribution in [0.1, 0.15) is 30.4 Å². The van der Waals surface area contributed by atoms with Gasteiger partial charge in [0.1, 0.15) is 0 Å². The Labute approximate surface area is 91.9 Å². The van der Waals surface area contributed by atoms with E-state index in [9.17, 15) is 5.11 Å². The van der Waals surface area contributed by atoms with Crippen LogP contribution in [-0.4, -0.2) is 24.9 Å². The maximum atomic E-state index is 9.29. The van der Waals surface area contributed by atoms with Gasteiger partial charge in [0.2, 0.25) is 0 Å². The molecule has 0 aliphatic heterocycles. The van der Waals surface area contributed by atoms with Gasteiger partial charge in [-0.15, -0.1) is 0 Å². The molecule has 0 fully saturated rings. The molecule has 0 amide bonds. The van der Waals surface area contributed by atoms with E-state index >= 15 is 0 Å². The molecule has 0 saturated heterocycles. The molecule has 2 heteroatoms. The Morgan fingerprint density at radius 3 is 2.47 bits per heavy atom. The molecule has 84 valence electrons. The van der Waals surface area contributed by atoms with Crippen molar-refractivity contribution in [2.75, 3.05) is 19.8 Å². The standard InChI is InChI=1S/C13H20O2/c1-3-15-9-8-13(10-14)12-6-4-11(2)5-7-12/h4-7,13-14H,3,8-10H2,1-2H3. The molecule has 1 rings (SSSR count). The normalized spacial score (nSPS) is 12.7. The predicted octanol–water partition coefficient (Wildman–Crippen LogP) is 2.50. The Balaban J connectivity index is 2.53. The quantitative estimate of drug-likeness (QED) is 0.728. The van der Waals surface area contributed by atoms with Crippen LogP contribution in [0.4, 0.5) is 0 Å². The Kier molecular flexibility index (Phi) is 5.37. The first-order valence-electron chi connectivity index (χ1n) is 5.53. The fourth-order valence-electron chi connectivity index (χ4n) is 1.57. The summed E-state index contributed by atoms with van der Waals surface area (Å²) in [6.45, 7) is 5.70. The van der Waals surface area contributed by atoms with Gasteiger partial charge in [-0.2, -0.15) is 0 Å². The monoisotopic (exact) mass is 208 g/mol. The summed E-state index contributed by atoms with van der Waals surface area (Å²) in [6, 6.07) is 8.33. The van der Waals surface area contributed by atoms with Crippen molar-refractivity contribution >= 4 is 0 Å². The molecule has 0 saturated carbocycles. The number of hydrogen-bond donors (Lipinski definition) is 1. The highest BCUT2D eigenvalue weighted by molar-refractivity contribution is 5.24. The third kappa shape index (κ3) is 4.02. The van der Waals surface area contributed by atoms with Gasteiger partial charge >= 0.3 is 0 Å². The Bertz CT molecular complexity index is 266. The molecular formula is C13H20O2. The number of aliphatic hydroxyl groups excluding tert-OH is 1. The SMILES string of the molecule is CCOCCC(CO)c1ccc(C)cc1. The Morgan fingerprint density at radius 1 is 1.27 bits per heavy atom. The fraction of sp³-hybridized carbons (Fsp3) is 0.538. The summed E-state index contributed by atoms with van der Waals surface area (Å²) in [5.41, 5.74) is 2.45. The summed E-state index contributed by atoms with van der Waals surface area (Å²) in [5, 5.41) is 9.29. The van der Waals surface area contributed by atoms with Gasteiger partial charge in [0.15, 0.2) is 0 Å². The van der Waals surface area contributed by atoms with Gasteiger partial charge in [0, 0.05) is 19.1 Å². The molecule has 1 aromatic carbocycles. The van der Waals surface area contributed by atoms with Crippen molar-refractivity contribution in [2.45, 2.75) is 26.2 Å². The first kappa shape index (κ1) is 12.2. The minimum atomic E-state index is 0.191. The number of hydrogen-bond acceptors (Lipinski definition) is 2. The van der Waals surface area contributed by atoms with E-state index in [4.69, 9.17) is 4.74 Å². The van der Waals surface area contributed by atoms with E-state index in [0.717, 1.165) is 19.6 Å². The van der Waals surface area contributed by atoms with Crippen LogP contribution in [0, 0.1) is 6.92 Å². The number of ether oxygens (including phenoxy) is 1. The summed E-state index contributed by atoms with van der Waals surface area (Å²) >= 11 is 0. The van der Waals surface area contributed by atoms with Gasteiger partial charge in [-0.3, -0.25) is 0 Å². The summed E-state index contributed by atoms with van der Waals surface area (Å²) in [7, 11) is 0.